The number of rotatable bonds is 7. The van der Waals surface area contributed by atoms with Gasteiger partial charge in [0.1, 0.15) is 6.04 Å². The molecule has 0 aromatic heterocycles. The summed E-state index contributed by atoms with van der Waals surface area (Å²) in [4.78, 5) is 10.9. The maximum absolute atomic E-state index is 10.9. The van der Waals surface area contributed by atoms with Crippen molar-refractivity contribution in [1.82, 2.24) is 5.32 Å². The molecule has 1 aliphatic carbocycles. The zero-order valence-corrected chi connectivity index (χ0v) is 9.53. The average molecular weight is 215 g/mol. The normalized spacial score (nSPS) is 27.1. The van der Waals surface area contributed by atoms with Gasteiger partial charge in [0.15, 0.2) is 0 Å². The maximum Gasteiger partial charge on any atom is 0.320 e. The van der Waals surface area contributed by atoms with Gasteiger partial charge in [-0.15, -0.1) is 0 Å². The average Bonchev–Trinajstić information content (AvgIpc) is 2.13. The van der Waals surface area contributed by atoms with Crippen molar-refractivity contribution in [3.8, 4) is 0 Å². The Morgan fingerprint density at radius 1 is 1.53 bits per heavy atom. The lowest BCUT2D eigenvalue weighted by Crippen LogP contribution is -2.51. The van der Waals surface area contributed by atoms with Gasteiger partial charge in [-0.05, 0) is 26.2 Å². The van der Waals surface area contributed by atoms with Crippen LogP contribution in [-0.4, -0.2) is 35.9 Å². The minimum Gasteiger partial charge on any atom is -0.480 e. The molecule has 88 valence electrons. The molecular formula is C11H21NO3. The van der Waals surface area contributed by atoms with E-state index in [1.54, 1.807) is 0 Å². The van der Waals surface area contributed by atoms with E-state index in [9.17, 15) is 4.79 Å². The molecule has 1 fully saturated rings. The summed E-state index contributed by atoms with van der Waals surface area (Å²) >= 11 is 0. The predicted octanol–water partition coefficient (Wildman–Crippen LogP) is 1.40. The Morgan fingerprint density at radius 2 is 2.20 bits per heavy atom. The molecule has 1 saturated carbocycles. The number of carboxylic acids is 1. The van der Waals surface area contributed by atoms with Crippen LogP contribution in [0.2, 0.25) is 0 Å². The highest BCUT2D eigenvalue weighted by Gasteiger charge is 2.32. The van der Waals surface area contributed by atoms with E-state index in [-0.39, 0.29) is 6.04 Å². The zero-order chi connectivity index (χ0) is 11.3. The van der Waals surface area contributed by atoms with Gasteiger partial charge in [-0.25, -0.2) is 0 Å². The summed E-state index contributed by atoms with van der Waals surface area (Å²) in [5.74, 6) is -0.739. The Bertz CT molecular complexity index is 202. The van der Waals surface area contributed by atoms with E-state index in [1.807, 2.05) is 13.8 Å². The van der Waals surface area contributed by atoms with Gasteiger partial charge < -0.3 is 15.2 Å². The van der Waals surface area contributed by atoms with Gasteiger partial charge in [0.05, 0.1) is 6.10 Å². The summed E-state index contributed by atoms with van der Waals surface area (Å²) in [5.41, 5.74) is 0. The van der Waals surface area contributed by atoms with Crippen molar-refractivity contribution in [2.45, 2.75) is 57.7 Å². The Labute approximate surface area is 91.0 Å². The molecule has 1 atom stereocenters. The first kappa shape index (κ1) is 12.5. The van der Waals surface area contributed by atoms with Crippen LogP contribution >= 0.6 is 0 Å². The number of ether oxygens (including phenoxy) is 1. The molecule has 0 radical (unpaired) electrons. The van der Waals surface area contributed by atoms with E-state index < -0.39 is 5.97 Å². The largest absolute Gasteiger partial charge is 0.480 e. The molecule has 4 nitrogen and oxygen atoms in total. The first-order valence-electron chi connectivity index (χ1n) is 5.77. The molecule has 0 aromatic carbocycles. The first-order chi connectivity index (χ1) is 7.17. The molecule has 4 heteroatoms. The quantitative estimate of drug-likeness (QED) is 0.674. The van der Waals surface area contributed by atoms with Crippen LogP contribution in [0.25, 0.3) is 0 Å². The summed E-state index contributed by atoms with van der Waals surface area (Å²) in [6.07, 6.45) is 3.82. The molecule has 0 bridgehead atoms. The lowest BCUT2D eigenvalue weighted by molar-refractivity contribution is -0.140. The molecular weight excluding hydrogens is 194 g/mol. The lowest BCUT2D eigenvalue weighted by Gasteiger charge is -2.37. The van der Waals surface area contributed by atoms with E-state index in [2.05, 4.69) is 5.32 Å². The third-order valence-corrected chi connectivity index (χ3v) is 2.81. The summed E-state index contributed by atoms with van der Waals surface area (Å²) in [6, 6.07) is -0.0585. The predicted molar refractivity (Wildman–Crippen MR) is 57.9 cm³/mol. The smallest absolute Gasteiger partial charge is 0.320 e. The highest BCUT2D eigenvalue weighted by Crippen LogP contribution is 2.24. The van der Waals surface area contributed by atoms with E-state index >= 15 is 0 Å². The van der Waals surface area contributed by atoms with E-state index in [1.165, 1.54) is 0 Å². The molecule has 0 spiro atoms. The van der Waals surface area contributed by atoms with Crippen LogP contribution in [-0.2, 0) is 9.53 Å². The number of nitrogens with one attached hydrogen (secondary N) is 1. The van der Waals surface area contributed by atoms with Crippen molar-refractivity contribution in [2.24, 2.45) is 0 Å². The van der Waals surface area contributed by atoms with Crippen LogP contribution in [0.15, 0.2) is 0 Å². The summed E-state index contributed by atoms with van der Waals surface area (Å²) < 4.78 is 5.42. The molecule has 0 aliphatic heterocycles. The van der Waals surface area contributed by atoms with Crippen molar-refractivity contribution >= 4 is 5.97 Å². The molecule has 1 unspecified atom stereocenters. The van der Waals surface area contributed by atoms with Gasteiger partial charge in [-0.1, -0.05) is 13.3 Å². The zero-order valence-electron chi connectivity index (χ0n) is 9.53. The van der Waals surface area contributed by atoms with Gasteiger partial charge in [0.25, 0.3) is 0 Å². The molecule has 0 heterocycles. The van der Waals surface area contributed by atoms with Crippen molar-refractivity contribution in [3.05, 3.63) is 0 Å². The lowest BCUT2D eigenvalue weighted by atomic mass is 9.88. The van der Waals surface area contributed by atoms with Crippen molar-refractivity contribution in [1.29, 1.82) is 0 Å². The molecule has 0 amide bonds. The second kappa shape index (κ2) is 6.08. The topological polar surface area (TPSA) is 58.6 Å². The van der Waals surface area contributed by atoms with Gasteiger partial charge in [0.2, 0.25) is 0 Å². The highest BCUT2D eigenvalue weighted by molar-refractivity contribution is 5.73. The van der Waals surface area contributed by atoms with Crippen LogP contribution in [0.4, 0.5) is 0 Å². The number of carbonyl (C=O) groups is 1. The second-order valence-corrected chi connectivity index (χ2v) is 4.09. The summed E-state index contributed by atoms with van der Waals surface area (Å²) in [5, 5.41) is 12.1. The van der Waals surface area contributed by atoms with E-state index in [4.69, 9.17) is 9.84 Å². The molecule has 1 rings (SSSR count). The maximum atomic E-state index is 10.9. The Hall–Kier alpha value is -0.610. The number of hydrogen-bond donors (Lipinski definition) is 2. The van der Waals surface area contributed by atoms with Gasteiger partial charge in [-0.2, -0.15) is 0 Å². The number of carboxylic acid groups (broad SMARTS) is 1. The summed E-state index contributed by atoms with van der Waals surface area (Å²) in [6.45, 7) is 4.73. The molecule has 2 N–H and O–H groups in total. The minimum absolute atomic E-state index is 0.328. The first-order valence-corrected chi connectivity index (χ1v) is 5.77. The Balaban J connectivity index is 2.20. The SMILES string of the molecule is CCCC(NC1CC(OCC)C1)C(=O)O. The van der Waals surface area contributed by atoms with Crippen molar-refractivity contribution in [3.63, 3.8) is 0 Å². The van der Waals surface area contributed by atoms with Crippen LogP contribution in [0, 0.1) is 0 Å². The van der Waals surface area contributed by atoms with Crippen molar-refractivity contribution < 1.29 is 14.6 Å². The molecule has 15 heavy (non-hydrogen) atoms. The van der Waals surface area contributed by atoms with Crippen LogP contribution in [0.1, 0.15) is 39.5 Å². The number of aliphatic carboxylic acids is 1. The fraction of sp³-hybridized carbons (Fsp3) is 0.909. The molecule has 0 aromatic rings. The third-order valence-electron chi connectivity index (χ3n) is 2.81. The Morgan fingerprint density at radius 3 is 2.67 bits per heavy atom. The fourth-order valence-electron chi connectivity index (χ4n) is 1.92. The standard InChI is InChI=1S/C11H21NO3/c1-3-5-10(11(13)14)12-8-6-9(7-8)15-4-2/h8-10,12H,3-7H2,1-2H3,(H,13,14). The number of hydrogen-bond acceptors (Lipinski definition) is 3. The van der Waals surface area contributed by atoms with E-state index in [0.29, 0.717) is 18.6 Å². The van der Waals surface area contributed by atoms with Crippen LogP contribution in [0.5, 0.6) is 0 Å². The third kappa shape index (κ3) is 3.80. The monoisotopic (exact) mass is 215 g/mol. The Kier molecular flexibility index (Phi) is 5.05. The molecule has 0 saturated heterocycles. The van der Waals surface area contributed by atoms with Gasteiger partial charge >= 0.3 is 5.97 Å². The highest BCUT2D eigenvalue weighted by atomic mass is 16.5. The van der Waals surface area contributed by atoms with Gasteiger partial charge in [-0.3, -0.25) is 4.79 Å². The summed E-state index contributed by atoms with van der Waals surface area (Å²) in [7, 11) is 0. The second-order valence-electron chi connectivity index (χ2n) is 4.09. The fourth-order valence-corrected chi connectivity index (χ4v) is 1.92. The minimum atomic E-state index is -0.739. The molecule has 1 aliphatic rings. The van der Waals surface area contributed by atoms with Crippen LogP contribution in [0.3, 0.4) is 0 Å². The van der Waals surface area contributed by atoms with E-state index in [0.717, 1.165) is 25.9 Å². The van der Waals surface area contributed by atoms with Crippen LogP contribution < -0.4 is 5.32 Å². The van der Waals surface area contributed by atoms with Crippen molar-refractivity contribution in [2.75, 3.05) is 6.61 Å². The van der Waals surface area contributed by atoms with Gasteiger partial charge in [0, 0.05) is 12.6 Å².